The van der Waals surface area contributed by atoms with Crippen LogP contribution in [-0.2, 0) is 4.79 Å². The molecular formula is C15H14O2. The number of carbonyl (C=O) groups excluding carboxylic acids is 1. The van der Waals surface area contributed by atoms with E-state index in [-0.39, 0.29) is 0 Å². The molecule has 0 aliphatic heterocycles. The summed E-state index contributed by atoms with van der Waals surface area (Å²) in [7, 11) is 0. The Bertz CT molecular complexity index is 475. The zero-order valence-electron chi connectivity index (χ0n) is 9.41. The van der Waals surface area contributed by atoms with Crippen LogP contribution in [0.5, 0.6) is 5.75 Å². The molecule has 2 aromatic rings. The molecule has 0 aliphatic carbocycles. The van der Waals surface area contributed by atoms with E-state index >= 15 is 0 Å². The van der Waals surface area contributed by atoms with Crippen LogP contribution in [0, 0.1) is 0 Å². The molecule has 0 saturated heterocycles. The van der Waals surface area contributed by atoms with Crippen LogP contribution in [0.15, 0.2) is 54.6 Å². The lowest BCUT2D eigenvalue weighted by atomic mass is 10.1. The Morgan fingerprint density at radius 2 is 1.41 bits per heavy atom. The number of phenols is 1. The monoisotopic (exact) mass is 226 g/mol. The van der Waals surface area contributed by atoms with E-state index in [1.165, 1.54) is 0 Å². The molecule has 0 aliphatic rings. The smallest absolute Gasteiger partial charge is 0.122 e. The lowest BCUT2D eigenvalue weighted by Gasteiger charge is -1.97. The van der Waals surface area contributed by atoms with E-state index in [4.69, 9.17) is 4.79 Å². The van der Waals surface area contributed by atoms with Gasteiger partial charge in [-0.2, -0.15) is 0 Å². The highest BCUT2D eigenvalue weighted by atomic mass is 16.3. The highest BCUT2D eigenvalue weighted by molar-refractivity contribution is 5.72. The van der Waals surface area contributed by atoms with Crippen LogP contribution in [0.1, 0.15) is 11.1 Å². The van der Waals surface area contributed by atoms with Gasteiger partial charge >= 0.3 is 0 Å². The molecule has 2 aromatic carbocycles. The molecule has 0 fully saturated rings. The molecule has 17 heavy (non-hydrogen) atoms. The summed E-state index contributed by atoms with van der Waals surface area (Å²) >= 11 is 0. The normalized spacial score (nSPS) is 9.65. The molecular weight excluding hydrogens is 212 g/mol. The maximum atomic E-state index is 9.54. The van der Waals surface area contributed by atoms with Crippen molar-refractivity contribution >= 4 is 18.9 Å². The molecule has 0 spiro atoms. The van der Waals surface area contributed by atoms with E-state index in [9.17, 15) is 5.11 Å². The van der Waals surface area contributed by atoms with Gasteiger partial charge in [0.25, 0.3) is 0 Å². The number of benzene rings is 2. The molecule has 0 saturated carbocycles. The SMILES string of the molecule is C=O.Oc1ccccc1/C=C/c1ccccc1. The number of rotatable bonds is 2. The molecule has 2 rings (SSSR count). The number of phenolic OH excluding ortho intramolecular Hbond substituents is 1. The zero-order valence-corrected chi connectivity index (χ0v) is 9.41. The molecule has 0 heterocycles. The number of hydrogen-bond donors (Lipinski definition) is 1. The topological polar surface area (TPSA) is 37.3 Å². The summed E-state index contributed by atoms with van der Waals surface area (Å²) in [4.78, 5) is 8.00. The Balaban J connectivity index is 0.000000686. The van der Waals surface area contributed by atoms with Gasteiger partial charge in [-0.25, -0.2) is 0 Å². The van der Waals surface area contributed by atoms with E-state index in [2.05, 4.69) is 0 Å². The predicted octanol–water partition coefficient (Wildman–Crippen LogP) is 3.38. The second kappa shape index (κ2) is 7.01. The van der Waals surface area contributed by atoms with Crippen LogP contribution < -0.4 is 0 Å². The quantitative estimate of drug-likeness (QED) is 0.797. The van der Waals surface area contributed by atoms with Crippen molar-refractivity contribution < 1.29 is 9.90 Å². The third-order valence-corrected chi connectivity index (χ3v) is 2.19. The third kappa shape index (κ3) is 3.95. The molecule has 0 bridgehead atoms. The molecule has 0 aromatic heterocycles. The van der Waals surface area contributed by atoms with Crippen molar-refractivity contribution in [2.45, 2.75) is 0 Å². The van der Waals surface area contributed by atoms with Crippen molar-refractivity contribution in [3.05, 3.63) is 65.7 Å². The molecule has 0 atom stereocenters. The number of hydrogen-bond acceptors (Lipinski definition) is 2. The average Bonchev–Trinajstić information content (AvgIpc) is 2.41. The average molecular weight is 226 g/mol. The lowest BCUT2D eigenvalue weighted by Crippen LogP contribution is -1.73. The second-order valence-corrected chi connectivity index (χ2v) is 3.30. The molecule has 0 radical (unpaired) electrons. The maximum absolute atomic E-state index is 9.54. The van der Waals surface area contributed by atoms with Crippen molar-refractivity contribution in [1.29, 1.82) is 0 Å². The van der Waals surface area contributed by atoms with Crippen LogP contribution in [-0.4, -0.2) is 11.9 Å². The van der Waals surface area contributed by atoms with Gasteiger partial charge in [0.2, 0.25) is 0 Å². The maximum Gasteiger partial charge on any atom is 0.122 e. The van der Waals surface area contributed by atoms with Crippen LogP contribution in [0.4, 0.5) is 0 Å². The van der Waals surface area contributed by atoms with Crippen LogP contribution >= 0.6 is 0 Å². The Morgan fingerprint density at radius 3 is 2.06 bits per heavy atom. The molecule has 0 amide bonds. The van der Waals surface area contributed by atoms with Gasteiger partial charge in [0.05, 0.1) is 0 Å². The third-order valence-electron chi connectivity index (χ3n) is 2.19. The Morgan fingerprint density at radius 1 is 0.824 bits per heavy atom. The molecule has 1 N–H and O–H groups in total. The van der Waals surface area contributed by atoms with Gasteiger partial charge < -0.3 is 9.90 Å². The molecule has 86 valence electrons. The standard InChI is InChI=1S/C14H12O.CH2O/c15-14-9-5-4-8-13(14)11-10-12-6-2-1-3-7-12;1-2/h1-11,15H;1H2/b11-10+;. The fraction of sp³-hybridized carbons (Fsp3) is 0. The lowest BCUT2D eigenvalue weighted by molar-refractivity contribution is -0.0979. The minimum Gasteiger partial charge on any atom is -0.507 e. The van der Waals surface area contributed by atoms with E-state index in [1.807, 2.05) is 67.5 Å². The summed E-state index contributed by atoms with van der Waals surface area (Å²) in [6, 6.07) is 17.3. The van der Waals surface area contributed by atoms with E-state index in [0.717, 1.165) is 11.1 Å². The van der Waals surface area contributed by atoms with Gasteiger partial charge in [0, 0.05) is 5.56 Å². The predicted molar refractivity (Wildman–Crippen MR) is 70.6 cm³/mol. The van der Waals surface area contributed by atoms with Gasteiger partial charge in [-0.1, -0.05) is 60.7 Å². The van der Waals surface area contributed by atoms with Crippen molar-refractivity contribution in [2.24, 2.45) is 0 Å². The summed E-state index contributed by atoms with van der Waals surface area (Å²) in [6.07, 6.45) is 3.89. The number of aromatic hydroxyl groups is 1. The van der Waals surface area contributed by atoms with Crippen LogP contribution in [0.25, 0.3) is 12.2 Å². The molecule has 2 nitrogen and oxygen atoms in total. The summed E-state index contributed by atoms with van der Waals surface area (Å²) < 4.78 is 0. The van der Waals surface area contributed by atoms with Gasteiger partial charge in [-0.05, 0) is 11.6 Å². The Labute approximate surface area is 101 Å². The summed E-state index contributed by atoms with van der Waals surface area (Å²) in [5.41, 5.74) is 1.96. The first-order chi connectivity index (χ1) is 8.36. The van der Waals surface area contributed by atoms with Crippen molar-refractivity contribution in [1.82, 2.24) is 0 Å². The largest absolute Gasteiger partial charge is 0.507 e. The van der Waals surface area contributed by atoms with Gasteiger partial charge in [0.15, 0.2) is 0 Å². The summed E-state index contributed by atoms with van der Waals surface area (Å²) in [5, 5.41) is 9.54. The summed E-state index contributed by atoms with van der Waals surface area (Å²) in [6.45, 7) is 2.00. The molecule has 2 heteroatoms. The first-order valence-electron chi connectivity index (χ1n) is 5.16. The van der Waals surface area contributed by atoms with Crippen LogP contribution in [0.3, 0.4) is 0 Å². The van der Waals surface area contributed by atoms with Crippen LogP contribution in [0.2, 0.25) is 0 Å². The second-order valence-electron chi connectivity index (χ2n) is 3.30. The summed E-state index contributed by atoms with van der Waals surface area (Å²) in [5.74, 6) is 0.310. The minimum atomic E-state index is 0.310. The van der Waals surface area contributed by atoms with E-state index in [1.54, 1.807) is 6.07 Å². The Kier molecular flexibility index (Phi) is 5.25. The zero-order chi connectivity index (χ0) is 12.5. The fourth-order valence-electron chi connectivity index (χ4n) is 1.38. The number of para-hydroxylation sites is 1. The van der Waals surface area contributed by atoms with Crippen molar-refractivity contribution in [2.75, 3.05) is 0 Å². The first kappa shape index (κ1) is 12.7. The highest BCUT2D eigenvalue weighted by Crippen LogP contribution is 2.18. The van der Waals surface area contributed by atoms with Gasteiger partial charge in [-0.15, -0.1) is 0 Å². The van der Waals surface area contributed by atoms with Gasteiger partial charge in [-0.3, -0.25) is 0 Å². The van der Waals surface area contributed by atoms with Crippen molar-refractivity contribution in [3.63, 3.8) is 0 Å². The van der Waals surface area contributed by atoms with E-state index in [0.29, 0.717) is 5.75 Å². The van der Waals surface area contributed by atoms with Gasteiger partial charge in [0.1, 0.15) is 12.5 Å². The Hall–Kier alpha value is -2.35. The molecule has 0 unspecified atom stereocenters. The first-order valence-corrected chi connectivity index (χ1v) is 5.16. The highest BCUT2D eigenvalue weighted by Gasteiger charge is 1.93. The van der Waals surface area contributed by atoms with Crippen molar-refractivity contribution in [3.8, 4) is 5.75 Å². The minimum absolute atomic E-state index is 0.310. The fourth-order valence-corrected chi connectivity index (χ4v) is 1.38. The van der Waals surface area contributed by atoms with E-state index < -0.39 is 0 Å². The number of carbonyl (C=O) groups is 1.